The van der Waals surface area contributed by atoms with Crippen LogP contribution < -0.4 is 14.5 Å². The molecule has 3 aromatic rings. The molecule has 4 nitrogen and oxygen atoms in total. The summed E-state index contributed by atoms with van der Waals surface area (Å²) in [5.74, 6) is 0.468. The predicted octanol–water partition coefficient (Wildman–Crippen LogP) is 5.73. The summed E-state index contributed by atoms with van der Waals surface area (Å²) in [5, 5.41) is 0. The van der Waals surface area contributed by atoms with Crippen LogP contribution in [0.15, 0.2) is 47.3 Å². The van der Waals surface area contributed by atoms with Crippen LogP contribution in [0, 0.1) is 5.92 Å². The Hall–Kier alpha value is -2.48. The van der Waals surface area contributed by atoms with Crippen LogP contribution in [0.3, 0.4) is 0 Å². The van der Waals surface area contributed by atoms with Crippen LogP contribution in [0.2, 0.25) is 0 Å². The number of hydrogen-bond donors (Lipinski definition) is 1. The Morgan fingerprint density at radius 2 is 1.83 bits per heavy atom. The molecular formula is C22H23F3N2O2S. The molecule has 160 valence electrons. The summed E-state index contributed by atoms with van der Waals surface area (Å²) in [6, 6.07) is 12.2. The Kier molecular flexibility index (Phi) is 6.04. The quantitative estimate of drug-likeness (QED) is 0.537. The Bertz CT molecular complexity index is 1030. The molecule has 1 aliphatic heterocycles. The zero-order valence-electron chi connectivity index (χ0n) is 16.4. The van der Waals surface area contributed by atoms with Crippen molar-refractivity contribution in [2.75, 3.05) is 18.0 Å². The zero-order valence-corrected chi connectivity index (χ0v) is 17.2. The molecule has 0 atom stereocenters. The van der Waals surface area contributed by atoms with Gasteiger partial charge in [0.25, 0.3) is 0 Å². The number of H-pyrrole nitrogens is 1. The van der Waals surface area contributed by atoms with Crippen molar-refractivity contribution < 1.29 is 17.9 Å². The van der Waals surface area contributed by atoms with E-state index in [2.05, 4.69) is 20.7 Å². The van der Waals surface area contributed by atoms with E-state index in [0.29, 0.717) is 5.92 Å². The molecule has 8 heteroatoms. The fourth-order valence-corrected chi connectivity index (χ4v) is 4.89. The van der Waals surface area contributed by atoms with Crippen molar-refractivity contribution >= 4 is 27.2 Å². The number of halogens is 3. The number of fused-ring (bicyclic) bond motifs is 1. The molecule has 0 spiro atoms. The van der Waals surface area contributed by atoms with Gasteiger partial charge in [0.2, 0.25) is 0 Å². The summed E-state index contributed by atoms with van der Waals surface area (Å²) >= 11 is 1.24. The molecular weight excluding hydrogens is 413 g/mol. The van der Waals surface area contributed by atoms with E-state index in [0.717, 1.165) is 66.7 Å². The third-order valence-electron chi connectivity index (χ3n) is 5.62. The highest BCUT2D eigenvalue weighted by atomic mass is 32.1. The Morgan fingerprint density at radius 1 is 1.10 bits per heavy atom. The first-order chi connectivity index (χ1) is 14.4. The standard InChI is InChI=1S/C22H23F3N2O2S/c23-22(24,25)29-17-9-7-15(8-10-17)3-1-4-16-11-13-27(14-12-16)18-5-2-6-19-20(18)26-21(28)30-19/h2,5-10,16H,1,3-4,11-14H2,(H,26,28). The number of aromatic nitrogens is 1. The van der Waals surface area contributed by atoms with Crippen LogP contribution >= 0.6 is 11.3 Å². The van der Waals surface area contributed by atoms with Gasteiger partial charge in [-0.05, 0) is 67.9 Å². The average molecular weight is 436 g/mol. The van der Waals surface area contributed by atoms with Crippen molar-refractivity contribution in [2.24, 2.45) is 5.92 Å². The molecule has 0 bridgehead atoms. The largest absolute Gasteiger partial charge is 0.573 e. The smallest absolute Gasteiger partial charge is 0.406 e. The molecule has 0 saturated carbocycles. The van der Waals surface area contributed by atoms with Crippen LogP contribution in [0.4, 0.5) is 18.9 Å². The molecule has 1 aliphatic rings. The number of alkyl halides is 3. The Morgan fingerprint density at radius 3 is 2.53 bits per heavy atom. The van der Waals surface area contributed by atoms with Crippen molar-refractivity contribution in [1.82, 2.24) is 4.98 Å². The average Bonchev–Trinajstić information content (AvgIpc) is 3.09. The first-order valence-corrected chi connectivity index (χ1v) is 10.9. The first kappa shape index (κ1) is 20.8. The number of thiazole rings is 1. The van der Waals surface area contributed by atoms with Gasteiger partial charge in [-0.15, -0.1) is 13.2 Å². The van der Waals surface area contributed by atoms with Gasteiger partial charge in [0.1, 0.15) is 5.75 Å². The van der Waals surface area contributed by atoms with E-state index in [1.807, 2.05) is 12.1 Å². The molecule has 1 aromatic heterocycles. The number of aryl methyl sites for hydroxylation is 1. The number of anilines is 1. The maximum atomic E-state index is 12.2. The number of para-hydroxylation sites is 1. The summed E-state index contributed by atoms with van der Waals surface area (Å²) < 4.78 is 41.6. The number of piperidine rings is 1. The number of rotatable bonds is 6. The van der Waals surface area contributed by atoms with Crippen molar-refractivity contribution in [1.29, 1.82) is 0 Å². The van der Waals surface area contributed by atoms with Crippen LogP contribution in [-0.4, -0.2) is 24.4 Å². The zero-order chi connectivity index (χ0) is 21.1. The summed E-state index contributed by atoms with van der Waals surface area (Å²) in [7, 11) is 0. The van der Waals surface area contributed by atoms with Gasteiger partial charge in [0.05, 0.1) is 15.9 Å². The van der Waals surface area contributed by atoms with Crippen molar-refractivity contribution in [2.45, 2.75) is 38.5 Å². The van der Waals surface area contributed by atoms with E-state index in [1.54, 1.807) is 12.1 Å². The van der Waals surface area contributed by atoms with E-state index in [9.17, 15) is 18.0 Å². The van der Waals surface area contributed by atoms with Crippen molar-refractivity contribution in [3.63, 3.8) is 0 Å². The number of ether oxygens (including phenoxy) is 1. The topological polar surface area (TPSA) is 45.3 Å². The lowest BCUT2D eigenvalue weighted by Crippen LogP contribution is -2.33. The normalized spacial score (nSPS) is 15.6. The van der Waals surface area contributed by atoms with Gasteiger partial charge < -0.3 is 14.6 Å². The lowest BCUT2D eigenvalue weighted by Gasteiger charge is -2.34. The highest BCUT2D eigenvalue weighted by Crippen LogP contribution is 2.31. The Balaban J connectivity index is 1.25. The highest BCUT2D eigenvalue weighted by molar-refractivity contribution is 7.16. The molecule has 30 heavy (non-hydrogen) atoms. The molecule has 0 amide bonds. The molecule has 1 fully saturated rings. The van der Waals surface area contributed by atoms with Crippen LogP contribution in [0.1, 0.15) is 31.2 Å². The fraction of sp³-hybridized carbons (Fsp3) is 0.409. The molecule has 2 aromatic carbocycles. The summed E-state index contributed by atoms with van der Waals surface area (Å²) in [5.41, 5.74) is 3.06. The summed E-state index contributed by atoms with van der Waals surface area (Å²) in [6.07, 6.45) is 0.514. The van der Waals surface area contributed by atoms with Crippen LogP contribution in [-0.2, 0) is 6.42 Å². The van der Waals surface area contributed by atoms with E-state index in [-0.39, 0.29) is 10.6 Å². The van der Waals surface area contributed by atoms with Gasteiger partial charge in [-0.25, -0.2) is 0 Å². The predicted molar refractivity (Wildman–Crippen MR) is 113 cm³/mol. The number of hydrogen-bond acceptors (Lipinski definition) is 4. The molecule has 1 N–H and O–H groups in total. The lowest BCUT2D eigenvalue weighted by molar-refractivity contribution is -0.274. The van der Waals surface area contributed by atoms with Gasteiger partial charge in [-0.3, -0.25) is 4.79 Å². The Labute approximate surface area is 176 Å². The molecule has 2 heterocycles. The van der Waals surface area contributed by atoms with Gasteiger partial charge in [0, 0.05) is 13.1 Å². The molecule has 0 aliphatic carbocycles. The van der Waals surface area contributed by atoms with E-state index < -0.39 is 6.36 Å². The second kappa shape index (κ2) is 8.71. The van der Waals surface area contributed by atoms with Gasteiger partial charge >= 0.3 is 11.2 Å². The SMILES string of the molecule is O=c1[nH]c2c(N3CCC(CCCc4ccc(OC(F)(F)F)cc4)CC3)cccc2s1. The van der Waals surface area contributed by atoms with E-state index >= 15 is 0 Å². The van der Waals surface area contributed by atoms with E-state index in [4.69, 9.17) is 0 Å². The summed E-state index contributed by atoms with van der Waals surface area (Å²) in [4.78, 5) is 17.0. The van der Waals surface area contributed by atoms with Gasteiger partial charge in [-0.1, -0.05) is 29.5 Å². The van der Waals surface area contributed by atoms with Crippen LogP contribution in [0.5, 0.6) is 5.75 Å². The number of benzene rings is 2. The maximum absolute atomic E-state index is 12.2. The summed E-state index contributed by atoms with van der Waals surface area (Å²) in [6.45, 7) is 1.93. The highest BCUT2D eigenvalue weighted by Gasteiger charge is 2.31. The number of nitrogens with one attached hydrogen (secondary N) is 1. The number of aromatic amines is 1. The minimum atomic E-state index is -4.65. The fourth-order valence-electron chi connectivity index (χ4n) is 4.14. The molecule has 4 rings (SSSR count). The second-order valence-corrected chi connectivity index (χ2v) is 8.69. The molecule has 0 unspecified atom stereocenters. The maximum Gasteiger partial charge on any atom is 0.573 e. The lowest BCUT2D eigenvalue weighted by atomic mass is 9.90. The third-order valence-corrected chi connectivity index (χ3v) is 6.47. The van der Waals surface area contributed by atoms with E-state index in [1.165, 1.54) is 23.5 Å². The third kappa shape index (κ3) is 5.16. The number of nitrogens with zero attached hydrogens (tertiary/aromatic N) is 1. The second-order valence-electron chi connectivity index (χ2n) is 7.68. The monoisotopic (exact) mass is 436 g/mol. The first-order valence-electron chi connectivity index (χ1n) is 10.1. The van der Waals surface area contributed by atoms with Crippen molar-refractivity contribution in [3.05, 3.63) is 57.7 Å². The molecule has 1 saturated heterocycles. The van der Waals surface area contributed by atoms with Crippen LogP contribution in [0.25, 0.3) is 10.2 Å². The van der Waals surface area contributed by atoms with Gasteiger partial charge in [-0.2, -0.15) is 0 Å². The minimum absolute atomic E-state index is 0.0228. The van der Waals surface area contributed by atoms with Crippen molar-refractivity contribution in [3.8, 4) is 5.75 Å². The molecule has 0 radical (unpaired) electrons. The van der Waals surface area contributed by atoms with Gasteiger partial charge in [0.15, 0.2) is 0 Å². The minimum Gasteiger partial charge on any atom is -0.406 e.